The standard InChI is InChI=1S/C23H28ClN3O2/c1-3-29-21-6-4-5-18(22(21)28)20-15-19(16-7-9-17(24)10-8-16)25-23(26-20)11-13-27(2)14-12-23/h4-10,20,26,28H,3,11-15H2,1-2H3. The summed E-state index contributed by atoms with van der Waals surface area (Å²) in [6, 6.07) is 13.6. The second-order valence-corrected chi connectivity index (χ2v) is 8.36. The van der Waals surface area contributed by atoms with E-state index in [9.17, 15) is 5.11 Å². The SMILES string of the molecule is CCOc1cccc(C2CC(c3ccc(Cl)cc3)=NC3(CCN(C)CC3)N2)c1O. The molecule has 1 atom stereocenters. The lowest BCUT2D eigenvalue weighted by Crippen LogP contribution is -2.55. The Hall–Kier alpha value is -2.08. The summed E-state index contributed by atoms with van der Waals surface area (Å²) in [7, 11) is 2.15. The van der Waals surface area contributed by atoms with Gasteiger partial charge in [0, 0.05) is 41.8 Å². The van der Waals surface area contributed by atoms with Crippen LogP contribution in [0.25, 0.3) is 0 Å². The lowest BCUT2D eigenvalue weighted by Gasteiger charge is -2.44. The van der Waals surface area contributed by atoms with Crippen molar-refractivity contribution in [3.05, 3.63) is 58.6 Å². The molecular weight excluding hydrogens is 386 g/mol. The van der Waals surface area contributed by atoms with Crippen LogP contribution in [-0.2, 0) is 0 Å². The number of phenolic OH excluding ortho intramolecular Hbond substituents is 1. The summed E-state index contributed by atoms with van der Waals surface area (Å²) in [5.74, 6) is 0.743. The van der Waals surface area contributed by atoms with E-state index < -0.39 is 0 Å². The zero-order valence-electron chi connectivity index (χ0n) is 17.0. The maximum absolute atomic E-state index is 10.9. The van der Waals surface area contributed by atoms with Crippen molar-refractivity contribution in [2.75, 3.05) is 26.7 Å². The Morgan fingerprint density at radius 3 is 2.62 bits per heavy atom. The molecule has 1 saturated heterocycles. The predicted octanol–water partition coefficient (Wildman–Crippen LogP) is 4.39. The number of hydrogen-bond donors (Lipinski definition) is 2. The fourth-order valence-corrected chi connectivity index (χ4v) is 4.38. The van der Waals surface area contributed by atoms with Crippen molar-refractivity contribution in [2.24, 2.45) is 4.99 Å². The van der Waals surface area contributed by atoms with Crippen LogP contribution in [0.4, 0.5) is 0 Å². The van der Waals surface area contributed by atoms with E-state index in [1.54, 1.807) is 0 Å². The lowest BCUT2D eigenvalue weighted by atomic mass is 9.87. The lowest BCUT2D eigenvalue weighted by molar-refractivity contribution is 0.144. The number of ether oxygens (including phenoxy) is 1. The third-order valence-corrected chi connectivity index (χ3v) is 6.14. The van der Waals surface area contributed by atoms with Gasteiger partial charge in [-0.25, -0.2) is 0 Å². The van der Waals surface area contributed by atoms with Crippen LogP contribution >= 0.6 is 11.6 Å². The molecule has 29 heavy (non-hydrogen) atoms. The molecule has 1 fully saturated rings. The third-order valence-electron chi connectivity index (χ3n) is 5.89. The largest absolute Gasteiger partial charge is 0.504 e. The number of nitrogens with one attached hydrogen (secondary N) is 1. The number of aromatic hydroxyl groups is 1. The monoisotopic (exact) mass is 413 g/mol. The summed E-state index contributed by atoms with van der Waals surface area (Å²) in [6.07, 6.45) is 2.56. The van der Waals surface area contributed by atoms with E-state index in [2.05, 4.69) is 17.3 Å². The molecule has 2 N–H and O–H groups in total. The van der Waals surface area contributed by atoms with Gasteiger partial charge >= 0.3 is 0 Å². The molecule has 1 spiro atoms. The number of hydrogen-bond acceptors (Lipinski definition) is 5. The fourth-order valence-electron chi connectivity index (χ4n) is 4.25. The number of benzene rings is 2. The smallest absolute Gasteiger partial charge is 0.162 e. The van der Waals surface area contributed by atoms with Crippen LogP contribution in [0.2, 0.25) is 5.02 Å². The Bertz CT molecular complexity index is 889. The van der Waals surface area contributed by atoms with Gasteiger partial charge in [-0.05, 0) is 50.6 Å². The first kappa shape index (κ1) is 20.2. The highest BCUT2D eigenvalue weighted by Gasteiger charge is 2.40. The number of nitrogens with zero attached hydrogens (tertiary/aromatic N) is 2. The quantitative estimate of drug-likeness (QED) is 0.780. The van der Waals surface area contributed by atoms with E-state index in [1.807, 2.05) is 49.4 Å². The number of likely N-dealkylation sites (tertiary alicyclic amines) is 1. The molecule has 2 aromatic carbocycles. The molecule has 0 amide bonds. The minimum atomic E-state index is -0.321. The number of halogens is 1. The van der Waals surface area contributed by atoms with Gasteiger partial charge in [0.2, 0.25) is 0 Å². The number of rotatable bonds is 4. The molecule has 0 bridgehead atoms. The van der Waals surface area contributed by atoms with Gasteiger partial charge in [0.05, 0.1) is 6.61 Å². The van der Waals surface area contributed by atoms with Crippen LogP contribution in [0.5, 0.6) is 11.5 Å². The molecule has 6 heteroatoms. The molecular formula is C23H28ClN3O2. The van der Waals surface area contributed by atoms with E-state index >= 15 is 0 Å². The summed E-state index contributed by atoms with van der Waals surface area (Å²) in [5, 5.41) is 15.4. The fraction of sp³-hybridized carbons (Fsp3) is 0.435. The van der Waals surface area contributed by atoms with Gasteiger partial charge in [0.1, 0.15) is 5.66 Å². The van der Waals surface area contributed by atoms with Crippen molar-refractivity contribution >= 4 is 17.3 Å². The van der Waals surface area contributed by atoms with Crippen LogP contribution < -0.4 is 10.1 Å². The summed E-state index contributed by atoms with van der Waals surface area (Å²) < 4.78 is 5.61. The minimum Gasteiger partial charge on any atom is -0.504 e. The number of para-hydroxylation sites is 1. The highest BCUT2D eigenvalue weighted by Crippen LogP contribution is 2.40. The zero-order chi connectivity index (χ0) is 20.4. The maximum atomic E-state index is 10.9. The van der Waals surface area contributed by atoms with Crippen LogP contribution in [0, 0.1) is 0 Å². The topological polar surface area (TPSA) is 57.1 Å². The van der Waals surface area contributed by atoms with Crippen LogP contribution in [-0.4, -0.2) is 48.1 Å². The molecule has 1 unspecified atom stereocenters. The molecule has 2 aliphatic rings. The van der Waals surface area contributed by atoms with Crippen LogP contribution in [0.1, 0.15) is 43.4 Å². The molecule has 2 aliphatic heterocycles. The molecule has 2 heterocycles. The van der Waals surface area contributed by atoms with Gasteiger partial charge in [-0.3, -0.25) is 10.3 Å². The molecule has 0 aliphatic carbocycles. The second kappa shape index (κ2) is 8.34. The first-order chi connectivity index (χ1) is 14.0. The van der Waals surface area contributed by atoms with Gasteiger partial charge < -0.3 is 14.7 Å². The van der Waals surface area contributed by atoms with E-state index in [4.69, 9.17) is 21.3 Å². The van der Waals surface area contributed by atoms with Crippen molar-refractivity contribution in [2.45, 2.75) is 37.9 Å². The van der Waals surface area contributed by atoms with E-state index in [-0.39, 0.29) is 17.5 Å². The van der Waals surface area contributed by atoms with Crippen molar-refractivity contribution in [1.82, 2.24) is 10.2 Å². The Kier molecular flexibility index (Phi) is 5.81. The summed E-state index contributed by atoms with van der Waals surface area (Å²) in [6.45, 7) is 4.41. The second-order valence-electron chi connectivity index (χ2n) is 7.93. The number of phenols is 1. The summed E-state index contributed by atoms with van der Waals surface area (Å²) in [5.41, 5.74) is 2.67. The molecule has 5 nitrogen and oxygen atoms in total. The molecule has 0 aromatic heterocycles. The Balaban J connectivity index is 1.72. The average Bonchev–Trinajstić information content (AvgIpc) is 2.72. The first-order valence-corrected chi connectivity index (χ1v) is 10.6. The van der Waals surface area contributed by atoms with Gasteiger partial charge in [-0.2, -0.15) is 0 Å². The van der Waals surface area contributed by atoms with Gasteiger partial charge in [0.25, 0.3) is 0 Å². The van der Waals surface area contributed by atoms with Crippen LogP contribution in [0.15, 0.2) is 47.5 Å². The Morgan fingerprint density at radius 2 is 1.93 bits per heavy atom. The van der Waals surface area contributed by atoms with Crippen molar-refractivity contribution in [3.8, 4) is 11.5 Å². The molecule has 0 radical (unpaired) electrons. The van der Waals surface area contributed by atoms with Crippen LogP contribution in [0.3, 0.4) is 0 Å². The van der Waals surface area contributed by atoms with E-state index in [0.717, 1.165) is 47.8 Å². The highest BCUT2D eigenvalue weighted by atomic mass is 35.5. The molecule has 4 rings (SSSR count). The highest BCUT2D eigenvalue weighted by molar-refractivity contribution is 6.30. The van der Waals surface area contributed by atoms with E-state index in [0.29, 0.717) is 18.8 Å². The summed E-state index contributed by atoms with van der Waals surface area (Å²) >= 11 is 6.10. The van der Waals surface area contributed by atoms with Crippen molar-refractivity contribution < 1.29 is 9.84 Å². The number of piperidine rings is 1. The molecule has 2 aromatic rings. The zero-order valence-corrected chi connectivity index (χ0v) is 17.7. The minimum absolute atomic E-state index is 0.0398. The first-order valence-electron chi connectivity index (χ1n) is 10.3. The Morgan fingerprint density at radius 1 is 1.21 bits per heavy atom. The average molecular weight is 414 g/mol. The Labute approximate surface area is 177 Å². The van der Waals surface area contributed by atoms with Gasteiger partial charge in [-0.1, -0.05) is 35.9 Å². The number of aliphatic imine (C=N–C) groups is 1. The van der Waals surface area contributed by atoms with Gasteiger partial charge in [0.15, 0.2) is 11.5 Å². The molecule has 0 saturated carbocycles. The van der Waals surface area contributed by atoms with Crippen molar-refractivity contribution in [3.63, 3.8) is 0 Å². The van der Waals surface area contributed by atoms with Crippen molar-refractivity contribution in [1.29, 1.82) is 0 Å². The normalized spacial score (nSPS) is 21.8. The maximum Gasteiger partial charge on any atom is 0.162 e. The van der Waals surface area contributed by atoms with E-state index in [1.165, 1.54) is 0 Å². The third kappa shape index (κ3) is 4.27. The summed E-state index contributed by atoms with van der Waals surface area (Å²) in [4.78, 5) is 7.53. The van der Waals surface area contributed by atoms with Gasteiger partial charge in [-0.15, -0.1) is 0 Å². The molecule has 154 valence electrons. The predicted molar refractivity (Wildman–Crippen MR) is 117 cm³/mol.